The molecule has 4 rings (SSSR count). The quantitative estimate of drug-likeness (QED) is 0.778. The van der Waals surface area contributed by atoms with E-state index in [0.717, 1.165) is 5.56 Å². The molecule has 7 nitrogen and oxygen atoms in total. The number of nitrogens with one attached hydrogen (secondary N) is 1. The number of carbonyl (C=O) groups is 1. The number of halogens is 1. The average molecular weight is 356 g/mol. The highest BCUT2D eigenvalue weighted by Crippen LogP contribution is 2.23. The van der Waals surface area contributed by atoms with Gasteiger partial charge in [-0.1, -0.05) is 23.7 Å². The summed E-state index contributed by atoms with van der Waals surface area (Å²) in [6.45, 7) is 0.879. The number of amides is 1. The number of carbonyl (C=O) groups excluding carboxylic acids is 1. The maximum absolute atomic E-state index is 12.2. The van der Waals surface area contributed by atoms with Crippen molar-refractivity contribution in [1.29, 1.82) is 0 Å². The topological polar surface area (TPSA) is 83.9 Å². The van der Waals surface area contributed by atoms with Gasteiger partial charge >= 0.3 is 0 Å². The molecule has 0 radical (unpaired) electrons. The van der Waals surface area contributed by atoms with E-state index >= 15 is 0 Å². The highest BCUT2D eigenvalue weighted by atomic mass is 35.5. The Balaban J connectivity index is 1.54. The van der Waals surface area contributed by atoms with Crippen LogP contribution in [0.5, 0.6) is 0 Å². The van der Waals surface area contributed by atoms with Gasteiger partial charge in [0.05, 0.1) is 11.7 Å². The summed E-state index contributed by atoms with van der Waals surface area (Å²) in [6, 6.07) is 11.9. The standard InChI is InChI=1S/C17H14ClN5O2/c18-12-3-1-11(2-4-12)14-5-6-16(24)23(21-14)13-9-22(10-13)17(25)15-7-8-19-20-15/h1-8,13H,9-10H2,(H,19,20). The third kappa shape index (κ3) is 2.94. The lowest BCUT2D eigenvalue weighted by Gasteiger charge is -2.39. The number of likely N-dealkylation sites (tertiary alicyclic amines) is 1. The molecular formula is C17H14ClN5O2. The van der Waals surface area contributed by atoms with Crippen LogP contribution in [0.25, 0.3) is 11.3 Å². The van der Waals surface area contributed by atoms with E-state index in [1.807, 2.05) is 12.1 Å². The largest absolute Gasteiger partial charge is 0.333 e. The van der Waals surface area contributed by atoms with Gasteiger partial charge < -0.3 is 4.90 Å². The van der Waals surface area contributed by atoms with E-state index in [1.54, 1.807) is 29.2 Å². The van der Waals surface area contributed by atoms with Gasteiger partial charge in [-0.15, -0.1) is 0 Å². The Morgan fingerprint density at radius 2 is 1.88 bits per heavy atom. The monoisotopic (exact) mass is 355 g/mol. The van der Waals surface area contributed by atoms with Crippen molar-refractivity contribution in [3.8, 4) is 11.3 Å². The molecule has 0 aliphatic carbocycles. The number of hydrogen-bond donors (Lipinski definition) is 1. The summed E-state index contributed by atoms with van der Waals surface area (Å²) in [5.74, 6) is -0.129. The van der Waals surface area contributed by atoms with Gasteiger partial charge in [0.2, 0.25) is 0 Å². The normalized spacial score (nSPS) is 14.4. The second kappa shape index (κ2) is 6.18. The van der Waals surface area contributed by atoms with E-state index in [4.69, 9.17) is 11.6 Å². The van der Waals surface area contributed by atoms with Crippen molar-refractivity contribution in [1.82, 2.24) is 24.9 Å². The Hall–Kier alpha value is -2.93. The minimum atomic E-state index is -0.184. The maximum atomic E-state index is 12.2. The van der Waals surface area contributed by atoms with Crippen LogP contribution >= 0.6 is 11.6 Å². The number of benzene rings is 1. The fourth-order valence-corrected chi connectivity index (χ4v) is 2.91. The van der Waals surface area contributed by atoms with Crippen molar-refractivity contribution < 1.29 is 4.79 Å². The van der Waals surface area contributed by atoms with E-state index in [0.29, 0.717) is 29.5 Å². The smallest absolute Gasteiger partial charge is 0.272 e. The number of rotatable bonds is 3. The number of aromatic nitrogens is 4. The van der Waals surface area contributed by atoms with Crippen molar-refractivity contribution in [2.45, 2.75) is 6.04 Å². The second-order valence-corrected chi connectivity index (χ2v) is 6.28. The number of nitrogens with zero attached hydrogens (tertiary/aromatic N) is 4. The summed E-state index contributed by atoms with van der Waals surface area (Å²) in [6.07, 6.45) is 1.53. The van der Waals surface area contributed by atoms with Crippen molar-refractivity contribution in [2.24, 2.45) is 0 Å². The Morgan fingerprint density at radius 3 is 2.56 bits per heavy atom. The Morgan fingerprint density at radius 1 is 1.12 bits per heavy atom. The molecule has 1 N–H and O–H groups in total. The van der Waals surface area contributed by atoms with E-state index in [1.165, 1.54) is 16.9 Å². The van der Waals surface area contributed by atoms with Gasteiger partial charge in [-0.3, -0.25) is 14.7 Å². The Kier molecular flexibility index (Phi) is 3.85. The molecule has 3 aromatic rings. The molecule has 1 fully saturated rings. The molecule has 0 spiro atoms. The Labute approximate surface area is 147 Å². The molecule has 1 aliphatic rings. The van der Waals surface area contributed by atoms with Gasteiger partial charge in [0.25, 0.3) is 11.5 Å². The molecule has 25 heavy (non-hydrogen) atoms. The first-order valence-corrected chi connectivity index (χ1v) is 8.14. The molecule has 1 aliphatic heterocycles. The minimum Gasteiger partial charge on any atom is -0.333 e. The summed E-state index contributed by atoms with van der Waals surface area (Å²) in [5, 5.41) is 11.5. The highest BCUT2D eigenvalue weighted by Gasteiger charge is 2.34. The SMILES string of the molecule is O=C(c1ccn[nH]1)N1CC(n2nc(-c3ccc(Cl)cc3)ccc2=O)C1. The maximum Gasteiger partial charge on any atom is 0.272 e. The van der Waals surface area contributed by atoms with Gasteiger partial charge in [0.15, 0.2) is 0 Å². The predicted molar refractivity (Wildman–Crippen MR) is 92.5 cm³/mol. The fourth-order valence-electron chi connectivity index (χ4n) is 2.78. The molecule has 1 saturated heterocycles. The van der Waals surface area contributed by atoms with Gasteiger partial charge in [-0.25, -0.2) is 4.68 Å². The summed E-state index contributed by atoms with van der Waals surface area (Å²) in [4.78, 5) is 26.0. The first-order valence-electron chi connectivity index (χ1n) is 7.76. The van der Waals surface area contributed by atoms with Crippen LogP contribution in [0.2, 0.25) is 5.02 Å². The highest BCUT2D eigenvalue weighted by molar-refractivity contribution is 6.30. The number of H-pyrrole nitrogens is 1. The molecule has 3 heterocycles. The van der Waals surface area contributed by atoms with Gasteiger partial charge in [0, 0.05) is 35.9 Å². The molecule has 1 amide bonds. The molecule has 0 saturated carbocycles. The number of hydrogen-bond acceptors (Lipinski definition) is 4. The zero-order valence-electron chi connectivity index (χ0n) is 13.1. The average Bonchev–Trinajstić information content (AvgIpc) is 3.10. The molecule has 0 unspecified atom stereocenters. The van der Waals surface area contributed by atoms with Gasteiger partial charge in [-0.2, -0.15) is 10.2 Å². The molecule has 1 aromatic carbocycles. The van der Waals surface area contributed by atoms with Gasteiger partial charge in [-0.05, 0) is 24.3 Å². The lowest BCUT2D eigenvalue weighted by atomic mass is 10.1. The summed E-state index contributed by atoms with van der Waals surface area (Å²) in [5.41, 5.74) is 1.82. The van der Waals surface area contributed by atoms with Crippen LogP contribution in [0.15, 0.2) is 53.5 Å². The summed E-state index contributed by atoms with van der Waals surface area (Å²) in [7, 11) is 0. The van der Waals surface area contributed by atoms with Crippen molar-refractivity contribution in [2.75, 3.05) is 13.1 Å². The fraction of sp³-hybridized carbons (Fsp3) is 0.176. The van der Waals surface area contributed by atoms with Gasteiger partial charge in [0.1, 0.15) is 5.69 Å². The number of aromatic amines is 1. The van der Waals surface area contributed by atoms with Crippen LogP contribution in [-0.2, 0) is 0 Å². The summed E-state index contributed by atoms with van der Waals surface area (Å²) >= 11 is 5.91. The van der Waals surface area contributed by atoms with E-state index in [-0.39, 0.29) is 17.5 Å². The van der Waals surface area contributed by atoms with Crippen LogP contribution in [0.3, 0.4) is 0 Å². The van der Waals surface area contributed by atoms with Crippen LogP contribution in [0.4, 0.5) is 0 Å². The van der Waals surface area contributed by atoms with Crippen LogP contribution in [0, 0.1) is 0 Å². The van der Waals surface area contributed by atoms with Crippen molar-refractivity contribution in [3.63, 3.8) is 0 Å². The first kappa shape index (κ1) is 15.6. The lowest BCUT2D eigenvalue weighted by molar-refractivity contribution is 0.0487. The van der Waals surface area contributed by atoms with E-state index < -0.39 is 0 Å². The van der Waals surface area contributed by atoms with Crippen LogP contribution in [0.1, 0.15) is 16.5 Å². The van der Waals surface area contributed by atoms with Crippen LogP contribution < -0.4 is 5.56 Å². The molecule has 8 heteroatoms. The molecular weight excluding hydrogens is 342 g/mol. The molecule has 126 valence electrons. The predicted octanol–water partition coefficient (Wildman–Crippen LogP) is 1.98. The third-order valence-corrected chi connectivity index (χ3v) is 4.44. The van der Waals surface area contributed by atoms with E-state index in [9.17, 15) is 9.59 Å². The second-order valence-electron chi connectivity index (χ2n) is 5.84. The van der Waals surface area contributed by atoms with Crippen LogP contribution in [-0.4, -0.2) is 43.9 Å². The lowest BCUT2D eigenvalue weighted by Crippen LogP contribution is -2.53. The Bertz CT molecular complexity index is 959. The van der Waals surface area contributed by atoms with E-state index in [2.05, 4.69) is 15.3 Å². The minimum absolute atomic E-state index is 0.129. The zero-order valence-corrected chi connectivity index (χ0v) is 13.8. The zero-order chi connectivity index (χ0) is 17.4. The third-order valence-electron chi connectivity index (χ3n) is 4.19. The molecule has 0 bridgehead atoms. The molecule has 2 aromatic heterocycles. The van der Waals surface area contributed by atoms with Crippen molar-refractivity contribution in [3.05, 3.63) is 69.7 Å². The first-order chi connectivity index (χ1) is 12.1. The van der Waals surface area contributed by atoms with Crippen molar-refractivity contribution >= 4 is 17.5 Å². The molecule has 0 atom stereocenters. The summed E-state index contributed by atoms with van der Waals surface area (Å²) < 4.78 is 1.45.